The molecule has 15 heteroatoms. The Labute approximate surface area is 295 Å². The molecule has 2 atom stereocenters. The standard InChI is InChI=1S/C20H22F2N2O4.C16H22FN3O3/c1-24(2,6-5-12-3-4-15(21)16(22)7-12)10-18(26)14-8-13(25)9-17-20(14)28-11-19(27)23-17;1-5-23-15(22)20-14-11(8-18)6-10(7-12(14)17)13(21)9-19-16(2,3)4/h3-4,7-9,18,26H,5-6,10-11H2,1-2H3,(H-,23,25,27);6-7,13,19,21H,5,9H2,1-4H3,(H,20,22)/p+1. The smallest absolute Gasteiger partial charge is 0.411 e. The molecule has 12 nitrogen and oxygen atoms in total. The van der Waals surface area contributed by atoms with E-state index in [-0.39, 0.29) is 60.3 Å². The van der Waals surface area contributed by atoms with Crippen LogP contribution < -0.4 is 20.7 Å². The maximum Gasteiger partial charge on any atom is 0.411 e. The summed E-state index contributed by atoms with van der Waals surface area (Å²) in [5, 5.41) is 47.8. The van der Waals surface area contributed by atoms with Gasteiger partial charge < -0.3 is 39.9 Å². The number of rotatable bonds is 11. The van der Waals surface area contributed by atoms with Gasteiger partial charge in [-0.1, -0.05) is 6.07 Å². The number of β-amino-alcohol motifs (C(OH)–C–C–N with tert-alkyl or cyclic N) is 1. The highest BCUT2D eigenvalue weighted by atomic mass is 19.2. The van der Waals surface area contributed by atoms with Crippen molar-refractivity contribution < 1.29 is 52.0 Å². The van der Waals surface area contributed by atoms with Gasteiger partial charge in [0, 0.05) is 30.1 Å². The van der Waals surface area contributed by atoms with E-state index in [1.54, 1.807) is 6.92 Å². The number of phenolic OH excluding ortho intramolecular Hbond substituents is 1. The number of amides is 2. The number of halogens is 3. The van der Waals surface area contributed by atoms with Crippen LogP contribution in [0, 0.1) is 28.8 Å². The van der Waals surface area contributed by atoms with E-state index in [9.17, 15) is 38.1 Å². The Morgan fingerprint density at radius 3 is 2.41 bits per heavy atom. The molecule has 6 N–H and O–H groups in total. The van der Waals surface area contributed by atoms with Crippen LogP contribution in [0.5, 0.6) is 11.5 Å². The van der Waals surface area contributed by atoms with Crippen LogP contribution >= 0.6 is 0 Å². The van der Waals surface area contributed by atoms with E-state index < -0.39 is 35.8 Å². The second-order valence-electron chi connectivity index (χ2n) is 13.6. The van der Waals surface area contributed by atoms with Gasteiger partial charge in [-0.25, -0.2) is 18.0 Å². The predicted octanol–water partition coefficient (Wildman–Crippen LogP) is 5.04. The number of phenols is 1. The molecule has 4 rings (SSSR count). The van der Waals surface area contributed by atoms with Gasteiger partial charge in [-0.3, -0.25) is 10.1 Å². The molecular weight excluding hydrogens is 671 g/mol. The number of quaternary nitrogens is 1. The number of benzene rings is 3. The highest BCUT2D eigenvalue weighted by Gasteiger charge is 2.29. The van der Waals surface area contributed by atoms with E-state index in [1.807, 2.05) is 40.9 Å². The number of fused-ring (bicyclic) bond motifs is 1. The summed E-state index contributed by atoms with van der Waals surface area (Å²) in [5.41, 5.74) is 1.08. The number of carbonyl (C=O) groups is 2. The van der Waals surface area contributed by atoms with E-state index in [4.69, 9.17) is 10.00 Å². The van der Waals surface area contributed by atoms with Crippen molar-refractivity contribution in [3.05, 3.63) is 82.2 Å². The number of aliphatic hydroxyl groups is 2. The first kappa shape index (κ1) is 40.5. The molecule has 0 saturated carbocycles. The topological polar surface area (TPSA) is 173 Å². The highest BCUT2D eigenvalue weighted by Crippen LogP contribution is 2.39. The van der Waals surface area contributed by atoms with Gasteiger partial charge in [0.2, 0.25) is 0 Å². The molecule has 0 bridgehead atoms. The van der Waals surface area contributed by atoms with Gasteiger partial charge in [-0.15, -0.1) is 0 Å². The fraction of sp³-hybridized carbons (Fsp3) is 0.417. The number of hydrogen-bond donors (Lipinski definition) is 6. The van der Waals surface area contributed by atoms with Crippen LogP contribution in [0.3, 0.4) is 0 Å². The normalized spacial score (nSPS) is 13.7. The van der Waals surface area contributed by atoms with Gasteiger partial charge in [0.15, 0.2) is 18.2 Å². The van der Waals surface area contributed by atoms with Crippen molar-refractivity contribution >= 4 is 23.4 Å². The van der Waals surface area contributed by atoms with Crippen molar-refractivity contribution in [2.24, 2.45) is 0 Å². The molecule has 1 aliphatic rings. The third kappa shape index (κ3) is 12.1. The second-order valence-corrected chi connectivity index (χ2v) is 13.6. The van der Waals surface area contributed by atoms with E-state index >= 15 is 0 Å². The minimum atomic E-state index is -0.979. The summed E-state index contributed by atoms with van der Waals surface area (Å²) in [6, 6.07) is 10.8. The number of aromatic hydroxyl groups is 1. The van der Waals surface area contributed by atoms with Gasteiger partial charge in [0.25, 0.3) is 5.91 Å². The summed E-state index contributed by atoms with van der Waals surface area (Å²) < 4.78 is 51.1. The molecule has 0 aromatic heterocycles. The Morgan fingerprint density at radius 1 is 1.08 bits per heavy atom. The van der Waals surface area contributed by atoms with Crippen molar-refractivity contribution in [1.29, 1.82) is 5.26 Å². The van der Waals surface area contributed by atoms with E-state index in [2.05, 4.69) is 20.7 Å². The zero-order chi connectivity index (χ0) is 38.1. The van der Waals surface area contributed by atoms with Crippen LogP contribution in [0.1, 0.15) is 62.2 Å². The molecule has 0 aliphatic carbocycles. The maximum atomic E-state index is 14.2. The molecule has 0 saturated heterocycles. The number of nitrogens with one attached hydrogen (secondary N) is 3. The van der Waals surface area contributed by atoms with Crippen molar-refractivity contribution in [3.8, 4) is 17.6 Å². The minimum absolute atomic E-state index is 0.0807. The summed E-state index contributed by atoms with van der Waals surface area (Å²) >= 11 is 0. The van der Waals surface area contributed by atoms with Crippen LogP contribution in [0.25, 0.3) is 0 Å². The summed E-state index contributed by atoms with van der Waals surface area (Å²) in [5.74, 6) is -2.65. The zero-order valence-corrected chi connectivity index (χ0v) is 29.4. The second kappa shape index (κ2) is 17.4. The lowest BCUT2D eigenvalue weighted by Gasteiger charge is -2.33. The first-order valence-corrected chi connectivity index (χ1v) is 16.2. The molecule has 0 spiro atoms. The summed E-state index contributed by atoms with van der Waals surface area (Å²) in [7, 11) is 3.81. The quantitative estimate of drug-likeness (QED) is 0.149. The Bertz CT molecular complexity index is 1760. The molecule has 3 aromatic carbocycles. The number of nitriles is 1. The Morgan fingerprint density at radius 2 is 1.78 bits per heavy atom. The van der Waals surface area contributed by atoms with Gasteiger partial charge in [0.1, 0.15) is 36.0 Å². The SMILES string of the molecule is CCOC(=O)Nc1c(F)cc(C(O)CNC(C)(C)C)cc1C#N.C[N+](C)(CCc1ccc(F)c(F)c1)CC(O)c1cc(O)cc2c1OCC(=O)N2. The van der Waals surface area contributed by atoms with Crippen LogP contribution in [0.15, 0.2) is 42.5 Å². The Kier molecular flexibility index (Phi) is 13.8. The molecule has 51 heavy (non-hydrogen) atoms. The van der Waals surface area contributed by atoms with Gasteiger partial charge >= 0.3 is 6.09 Å². The Balaban J connectivity index is 0.000000282. The van der Waals surface area contributed by atoms with E-state index in [0.29, 0.717) is 40.0 Å². The fourth-order valence-corrected chi connectivity index (χ4v) is 5.07. The average molecular weight is 717 g/mol. The van der Waals surface area contributed by atoms with Gasteiger partial charge in [-0.2, -0.15) is 5.26 Å². The first-order valence-electron chi connectivity index (χ1n) is 16.2. The largest absolute Gasteiger partial charge is 0.508 e. The zero-order valence-electron chi connectivity index (χ0n) is 29.4. The van der Waals surface area contributed by atoms with Crippen LogP contribution in [-0.4, -0.2) is 84.3 Å². The van der Waals surface area contributed by atoms with Crippen LogP contribution in [0.4, 0.5) is 29.3 Å². The highest BCUT2D eigenvalue weighted by molar-refractivity contribution is 5.96. The molecule has 2 amide bonds. The molecule has 3 aromatic rings. The maximum absolute atomic E-state index is 14.2. The number of likely N-dealkylation sites (N-methyl/N-ethyl adjacent to an activating group) is 1. The van der Waals surface area contributed by atoms with Crippen molar-refractivity contribution in [2.75, 3.05) is 57.6 Å². The molecular formula is C36H45F3N5O7+. The predicted molar refractivity (Wildman–Crippen MR) is 184 cm³/mol. The minimum Gasteiger partial charge on any atom is -0.508 e. The average Bonchev–Trinajstić information content (AvgIpc) is 3.04. The van der Waals surface area contributed by atoms with Crippen molar-refractivity contribution in [1.82, 2.24) is 5.32 Å². The number of anilines is 2. The monoisotopic (exact) mass is 716 g/mol. The van der Waals surface area contributed by atoms with Crippen LogP contribution in [-0.2, 0) is 16.0 Å². The Hall–Kier alpha value is -4.88. The number of aliphatic hydroxyl groups excluding tert-OH is 2. The first-order chi connectivity index (χ1) is 23.8. The molecule has 276 valence electrons. The lowest BCUT2D eigenvalue weighted by molar-refractivity contribution is -0.893. The van der Waals surface area contributed by atoms with Crippen molar-refractivity contribution in [2.45, 2.75) is 51.9 Å². The van der Waals surface area contributed by atoms with Crippen molar-refractivity contribution in [3.63, 3.8) is 0 Å². The van der Waals surface area contributed by atoms with E-state index in [1.165, 1.54) is 30.3 Å². The molecule has 1 aliphatic heterocycles. The fourth-order valence-electron chi connectivity index (χ4n) is 5.07. The third-order valence-corrected chi connectivity index (χ3v) is 7.69. The third-order valence-electron chi connectivity index (χ3n) is 7.69. The summed E-state index contributed by atoms with van der Waals surface area (Å²) in [4.78, 5) is 22.9. The molecule has 0 radical (unpaired) electrons. The number of nitrogens with zero attached hydrogens (tertiary/aromatic N) is 2. The summed E-state index contributed by atoms with van der Waals surface area (Å²) in [6.07, 6.45) is -2.28. The molecule has 0 fully saturated rings. The molecule has 1 heterocycles. The lowest BCUT2D eigenvalue weighted by Crippen LogP contribution is -2.44. The summed E-state index contributed by atoms with van der Waals surface area (Å²) in [6.45, 7) is 8.46. The van der Waals surface area contributed by atoms with Crippen LogP contribution in [0.2, 0.25) is 0 Å². The van der Waals surface area contributed by atoms with Gasteiger partial charge in [0.05, 0.1) is 50.3 Å². The number of carbonyl (C=O) groups excluding carboxylic acids is 2. The van der Waals surface area contributed by atoms with Gasteiger partial charge in [-0.05, 0) is 69.2 Å². The number of ether oxygens (including phenoxy) is 2. The van der Waals surface area contributed by atoms with E-state index in [0.717, 1.165) is 12.1 Å². The number of hydrogen-bond acceptors (Lipinski definition) is 9. The lowest BCUT2D eigenvalue weighted by atomic mass is 10.0. The molecule has 2 unspecified atom stereocenters.